The van der Waals surface area contributed by atoms with Gasteiger partial charge in [0, 0.05) is 24.4 Å². The Morgan fingerprint density at radius 1 is 1.60 bits per heavy atom. The van der Waals surface area contributed by atoms with Gasteiger partial charge in [0.25, 0.3) is 0 Å². The quantitative estimate of drug-likeness (QED) is 0.854. The molecule has 4 heteroatoms. The molecule has 0 bridgehead atoms. The first-order valence-electron chi connectivity index (χ1n) is 5.38. The zero-order valence-electron chi connectivity index (χ0n) is 9.54. The number of aromatic nitrogens is 1. The van der Waals surface area contributed by atoms with Crippen LogP contribution in [0.15, 0.2) is 5.38 Å². The molecule has 84 valence electrons. The maximum absolute atomic E-state index is 5.83. The zero-order valence-corrected chi connectivity index (χ0v) is 10.4. The smallest absolute Gasteiger partial charge is 0.0954 e. The highest BCUT2D eigenvalue weighted by Crippen LogP contribution is 2.22. The molecule has 1 aromatic heterocycles. The van der Waals surface area contributed by atoms with E-state index in [4.69, 9.17) is 4.74 Å². The molecule has 1 aliphatic rings. The van der Waals surface area contributed by atoms with Gasteiger partial charge in [-0.2, -0.15) is 0 Å². The number of hydrogen-bond donors (Lipinski definition) is 1. The summed E-state index contributed by atoms with van der Waals surface area (Å²) in [6.45, 7) is 9.02. The second kappa shape index (κ2) is 4.20. The SMILES string of the molecule is CC(C)c1nc(COC2(C)CNC2)cs1. The first kappa shape index (κ1) is 11.0. The summed E-state index contributed by atoms with van der Waals surface area (Å²) >= 11 is 1.73. The molecule has 1 saturated heterocycles. The van der Waals surface area contributed by atoms with E-state index in [1.807, 2.05) is 0 Å². The van der Waals surface area contributed by atoms with Crippen LogP contribution in [0.2, 0.25) is 0 Å². The van der Waals surface area contributed by atoms with E-state index in [-0.39, 0.29) is 5.60 Å². The van der Waals surface area contributed by atoms with E-state index < -0.39 is 0 Å². The van der Waals surface area contributed by atoms with Crippen LogP contribution < -0.4 is 5.32 Å². The van der Waals surface area contributed by atoms with Crippen LogP contribution in [-0.2, 0) is 11.3 Å². The molecule has 1 aliphatic heterocycles. The van der Waals surface area contributed by atoms with Crippen LogP contribution in [0.3, 0.4) is 0 Å². The second-order valence-corrected chi connectivity index (χ2v) is 5.56. The molecule has 1 N–H and O–H groups in total. The molecule has 0 radical (unpaired) electrons. The standard InChI is InChI=1S/C11H18N2OS/c1-8(2)10-13-9(5-15-10)4-14-11(3)6-12-7-11/h5,8,12H,4,6-7H2,1-3H3. The normalized spacial score (nSPS) is 19.2. The average Bonchev–Trinajstić information content (AvgIpc) is 2.60. The van der Waals surface area contributed by atoms with Gasteiger partial charge in [0.15, 0.2) is 0 Å². The second-order valence-electron chi connectivity index (χ2n) is 4.67. The predicted octanol–water partition coefficient (Wildman–Crippen LogP) is 2.15. The van der Waals surface area contributed by atoms with Crippen LogP contribution in [0, 0.1) is 0 Å². The molecule has 2 heterocycles. The van der Waals surface area contributed by atoms with E-state index in [0.29, 0.717) is 12.5 Å². The summed E-state index contributed by atoms with van der Waals surface area (Å²) in [6.07, 6.45) is 0. The number of nitrogens with zero attached hydrogens (tertiary/aromatic N) is 1. The van der Waals surface area contributed by atoms with Crippen LogP contribution >= 0.6 is 11.3 Å². The van der Waals surface area contributed by atoms with Crippen molar-refractivity contribution in [2.45, 2.75) is 38.9 Å². The Kier molecular flexibility index (Phi) is 3.09. The number of thiazole rings is 1. The van der Waals surface area contributed by atoms with Gasteiger partial charge in [0.2, 0.25) is 0 Å². The van der Waals surface area contributed by atoms with Crippen LogP contribution in [0.1, 0.15) is 37.4 Å². The topological polar surface area (TPSA) is 34.1 Å². The molecule has 0 spiro atoms. The molecular formula is C11H18N2OS. The van der Waals surface area contributed by atoms with Crippen molar-refractivity contribution in [1.82, 2.24) is 10.3 Å². The minimum atomic E-state index is 0.0294. The van der Waals surface area contributed by atoms with E-state index in [0.717, 1.165) is 18.8 Å². The van der Waals surface area contributed by atoms with E-state index in [9.17, 15) is 0 Å². The third kappa shape index (κ3) is 2.56. The highest BCUT2D eigenvalue weighted by atomic mass is 32.1. The van der Waals surface area contributed by atoms with Gasteiger partial charge in [-0.3, -0.25) is 0 Å². The van der Waals surface area contributed by atoms with Crippen LogP contribution in [0.25, 0.3) is 0 Å². The number of nitrogens with one attached hydrogen (secondary N) is 1. The Bertz CT molecular complexity index is 331. The highest BCUT2D eigenvalue weighted by molar-refractivity contribution is 7.09. The van der Waals surface area contributed by atoms with Gasteiger partial charge in [0.1, 0.15) is 0 Å². The molecule has 2 rings (SSSR count). The number of hydrogen-bond acceptors (Lipinski definition) is 4. The fourth-order valence-electron chi connectivity index (χ4n) is 1.48. The van der Waals surface area contributed by atoms with Gasteiger partial charge in [0.05, 0.1) is 22.9 Å². The van der Waals surface area contributed by atoms with E-state index >= 15 is 0 Å². The maximum atomic E-state index is 5.83. The van der Waals surface area contributed by atoms with Crippen molar-refractivity contribution in [1.29, 1.82) is 0 Å². The fraction of sp³-hybridized carbons (Fsp3) is 0.727. The molecule has 3 nitrogen and oxygen atoms in total. The molecule has 0 amide bonds. The Labute approximate surface area is 94.9 Å². The molecule has 0 aliphatic carbocycles. The first-order chi connectivity index (χ1) is 7.09. The summed E-state index contributed by atoms with van der Waals surface area (Å²) in [7, 11) is 0. The Morgan fingerprint density at radius 2 is 2.33 bits per heavy atom. The molecule has 1 fully saturated rings. The lowest BCUT2D eigenvalue weighted by Crippen LogP contribution is -2.58. The van der Waals surface area contributed by atoms with Crippen molar-refractivity contribution >= 4 is 11.3 Å². The summed E-state index contributed by atoms with van der Waals surface area (Å²) in [6, 6.07) is 0. The molecule has 0 saturated carbocycles. The van der Waals surface area contributed by atoms with Gasteiger partial charge in [-0.15, -0.1) is 11.3 Å². The Hall–Kier alpha value is -0.450. The summed E-state index contributed by atoms with van der Waals surface area (Å²) < 4.78 is 5.83. The van der Waals surface area contributed by atoms with Crippen molar-refractivity contribution in [3.8, 4) is 0 Å². The van der Waals surface area contributed by atoms with Crippen molar-refractivity contribution < 1.29 is 4.74 Å². The summed E-state index contributed by atoms with van der Waals surface area (Å²) in [4.78, 5) is 4.54. The molecule has 0 atom stereocenters. The summed E-state index contributed by atoms with van der Waals surface area (Å²) in [5.74, 6) is 0.518. The first-order valence-corrected chi connectivity index (χ1v) is 6.26. The largest absolute Gasteiger partial charge is 0.366 e. The van der Waals surface area contributed by atoms with E-state index in [1.54, 1.807) is 11.3 Å². The zero-order chi connectivity index (χ0) is 10.9. The van der Waals surface area contributed by atoms with Crippen LogP contribution in [-0.4, -0.2) is 23.7 Å². The van der Waals surface area contributed by atoms with Gasteiger partial charge in [-0.25, -0.2) is 4.98 Å². The summed E-state index contributed by atoms with van der Waals surface area (Å²) in [5, 5.41) is 6.52. The fourth-order valence-corrected chi connectivity index (χ4v) is 2.30. The van der Waals surface area contributed by atoms with Crippen LogP contribution in [0.5, 0.6) is 0 Å². The van der Waals surface area contributed by atoms with Crippen molar-refractivity contribution in [3.63, 3.8) is 0 Å². The van der Waals surface area contributed by atoms with Crippen molar-refractivity contribution in [2.75, 3.05) is 13.1 Å². The third-order valence-corrected chi connectivity index (χ3v) is 3.82. The number of ether oxygens (including phenoxy) is 1. The molecular weight excluding hydrogens is 208 g/mol. The third-order valence-electron chi connectivity index (χ3n) is 2.63. The minimum absolute atomic E-state index is 0.0294. The lowest BCUT2D eigenvalue weighted by atomic mass is 10.0. The maximum Gasteiger partial charge on any atom is 0.0954 e. The van der Waals surface area contributed by atoms with Gasteiger partial charge < -0.3 is 10.1 Å². The van der Waals surface area contributed by atoms with E-state index in [2.05, 4.69) is 36.5 Å². The van der Waals surface area contributed by atoms with Gasteiger partial charge >= 0.3 is 0 Å². The van der Waals surface area contributed by atoms with Gasteiger partial charge in [-0.1, -0.05) is 13.8 Å². The minimum Gasteiger partial charge on any atom is -0.366 e. The highest BCUT2D eigenvalue weighted by Gasteiger charge is 2.32. The van der Waals surface area contributed by atoms with Gasteiger partial charge in [-0.05, 0) is 6.92 Å². The predicted molar refractivity (Wildman–Crippen MR) is 62.3 cm³/mol. The summed E-state index contributed by atoms with van der Waals surface area (Å²) in [5.41, 5.74) is 1.10. The molecule has 0 unspecified atom stereocenters. The Balaban J connectivity index is 1.88. The van der Waals surface area contributed by atoms with Crippen molar-refractivity contribution in [2.24, 2.45) is 0 Å². The molecule has 1 aromatic rings. The van der Waals surface area contributed by atoms with Crippen molar-refractivity contribution in [3.05, 3.63) is 16.1 Å². The van der Waals surface area contributed by atoms with E-state index in [1.165, 1.54) is 5.01 Å². The average molecular weight is 226 g/mol. The van der Waals surface area contributed by atoms with Crippen LogP contribution in [0.4, 0.5) is 0 Å². The monoisotopic (exact) mass is 226 g/mol. The lowest BCUT2D eigenvalue weighted by molar-refractivity contribution is -0.0777. The Morgan fingerprint density at radius 3 is 2.80 bits per heavy atom. The molecule has 0 aromatic carbocycles. The number of rotatable bonds is 4. The lowest BCUT2D eigenvalue weighted by Gasteiger charge is -2.38. The molecule has 15 heavy (non-hydrogen) atoms.